The van der Waals surface area contributed by atoms with Gasteiger partial charge in [-0.15, -0.1) is 0 Å². The molecule has 0 fully saturated rings. The van der Waals surface area contributed by atoms with Crippen molar-refractivity contribution in [3.63, 3.8) is 0 Å². The molecule has 0 saturated heterocycles. The third kappa shape index (κ3) is 30.8. The van der Waals surface area contributed by atoms with E-state index in [1.54, 1.807) is 31.0 Å². The summed E-state index contributed by atoms with van der Waals surface area (Å²) in [5, 5.41) is 22.6. The number of benzene rings is 10. The number of nitrogens with zero attached hydrogens (tertiary/aromatic N) is 11. The molecule has 10 aromatic heterocycles. The van der Waals surface area contributed by atoms with Crippen molar-refractivity contribution in [2.45, 2.75) is 83.1 Å². The lowest BCUT2D eigenvalue weighted by Crippen LogP contribution is -1.81. The highest BCUT2D eigenvalue weighted by Gasteiger charge is 1.98. The normalized spacial score (nSPS) is 9.90. The Kier molecular flexibility index (Phi) is 34.8. The minimum absolute atomic E-state index is 0.957. The van der Waals surface area contributed by atoms with Crippen LogP contribution in [0.2, 0.25) is 0 Å². The third-order valence-corrected chi connectivity index (χ3v) is 17.6. The van der Waals surface area contributed by atoms with Gasteiger partial charge >= 0.3 is 0 Å². The number of pyridine rings is 9. The van der Waals surface area contributed by atoms with Crippen molar-refractivity contribution in [3.05, 3.63) is 463 Å². The molecule has 116 heavy (non-hydrogen) atoms. The molecule has 10 heterocycles. The highest BCUT2D eigenvalue weighted by molar-refractivity contribution is 5.86. The predicted molar refractivity (Wildman–Crippen MR) is 490 cm³/mol. The van der Waals surface area contributed by atoms with E-state index in [-0.39, 0.29) is 0 Å². The van der Waals surface area contributed by atoms with Crippen LogP contribution in [0.15, 0.2) is 396 Å². The fraction of sp³-hybridized carbons (Fsp3) is 0.114. The second-order valence-electron chi connectivity index (χ2n) is 27.8. The summed E-state index contributed by atoms with van der Waals surface area (Å²) >= 11 is 0. The van der Waals surface area contributed by atoms with Crippen LogP contribution in [0.25, 0.3) is 86.7 Å². The van der Waals surface area contributed by atoms with Gasteiger partial charge in [0.1, 0.15) is 0 Å². The van der Waals surface area contributed by atoms with Gasteiger partial charge in [-0.25, -0.2) is 0 Å². The largest absolute Gasteiger partial charge is 0.265 e. The minimum atomic E-state index is 0.957. The molecule has 10 aromatic carbocycles. The molecule has 576 valence electrons. The molecule has 0 bridgehead atoms. The van der Waals surface area contributed by atoms with Gasteiger partial charge in [0, 0.05) is 129 Å². The summed E-state index contributed by atoms with van der Waals surface area (Å²) in [7, 11) is 0. The lowest BCUT2D eigenvalue weighted by Gasteiger charge is -1.96. The molecule has 0 N–H and O–H groups in total. The van der Waals surface area contributed by atoms with Crippen molar-refractivity contribution in [2.24, 2.45) is 0 Å². The van der Waals surface area contributed by atoms with Crippen LogP contribution < -0.4 is 0 Å². The second kappa shape index (κ2) is 47.2. The van der Waals surface area contributed by atoms with Crippen molar-refractivity contribution in [1.29, 1.82) is 0 Å². The van der Waals surface area contributed by atoms with E-state index in [0.29, 0.717) is 0 Å². The number of para-hydroxylation sites is 2. The predicted octanol–water partition coefficient (Wildman–Crippen LogP) is 26.5. The first-order chi connectivity index (χ1) is 56.5. The van der Waals surface area contributed by atoms with Crippen LogP contribution in [-0.2, 0) is 0 Å². The first-order valence-corrected chi connectivity index (χ1v) is 38.6. The van der Waals surface area contributed by atoms with Gasteiger partial charge < -0.3 is 0 Å². The maximum atomic E-state index is 4.38. The number of aromatic nitrogens is 11. The lowest BCUT2D eigenvalue weighted by molar-refractivity contribution is 1.08. The van der Waals surface area contributed by atoms with Gasteiger partial charge in [0.15, 0.2) is 0 Å². The van der Waals surface area contributed by atoms with Crippen LogP contribution in [0.5, 0.6) is 0 Å². The average Bonchev–Trinajstić information content (AvgIpc) is 0.900. The molecule has 11 nitrogen and oxygen atoms in total. The van der Waals surface area contributed by atoms with Gasteiger partial charge in [-0.1, -0.05) is 234 Å². The Morgan fingerprint density at radius 1 is 0.164 bits per heavy atom. The monoisotopic (exact) mass is 1520 g/mol. The number of aryl methyl sites for hydroxylation is 12. The molecule has 0 aliphatic heterocycles. The molecule has 0 unspecified atom stereocenters. The highest BCUT2D eigenvalue weighted by atomic mass is 15.1. The van der Waals surface area contributed by atoms with Crippen molar-refractivity contribution in [3.8, 4) is 0 Å². The lowest BCUT2D eigenvalue weighted by atomic mass is 10.1. The van der Waals surface area contributed by atoms with Crippen molar-refractivity contribution < 1.29 is 0 Å². The van der Waals surface area contributed by atoms with Gasteiger partial charge in [-0.2, -0.15) is 10.2 Å². The van der Waals surface area contributed by atoms with E-state index in [0.717, 1.165) is 44.5 Å². The molecule has 20 aromatic rings. The summed E-state index contributed by atoms with van der Waals surface area (Å²) in [6.45, 7) is 24.6. The fourth-order valence-corrected chi connectivity index (χ4v) is 11.4. The molecule has 0 saturated carbocycles. The Hall–Kier alpha value is -14.3. The number of hydrogen-bond acceptors (Lipinski definition) is 11. The Morgan fingerprint density at radius 2 is 0.603 bits per heavy atom. The maximum absolute atomic E-state index is 4.38. The third-order valence-electron chi connectivity index (χ3n) is 17.6. The molecule has 0 aliphatic carbocycles. The summed E-state index contributed by atoms with van der Waals surface area (Å²) in [6, 6.07) is 107. The Morgan fingerprint density at radius 3 is 1.22 bits per heavy atom. The average molecular weight is 1520 g/mol. The summed E-state index contributed by atoms with van der Waals surface area (Å²) in [5.74, 6) is 0. The molecule has 0 atom stereocenters. The zero-order valence-corrected chi connectivity index (χ0v) is 68.4. The Balaban J connectivity index is 0.000000145. The van der Waals surface area contributed by atoms with E-state index in [2.05, 4.69) is 267 Å². The van der Waals surface area contributed by atoms with Crippen LogP contribution in [0.3, 0.4) is 0 Å². The first kappa shape index (κ1) is 85.7. The molecule has 0 radical (unpaired) electrons. The highest BCUT2D eigenvalue weighted by Crippen LogP contribution is 2.19. The fourth-order valence-electron chi connectivity index (χ4n) is 11.4. The van der Waals surface area contributed by atoms with E-state index >= 15 is 0 Å². The van der Waals surface area contributed by atoms with Crippen LogP contribution in [0, 0.1) is 83.1 Å². The smallest absolute Gasteiger partial charge is 0.0929 e. The zero-order valence-electron chi connectivity index (χ0n) is 68.4. The van der Waals surface area contributed by atoms with Crippen LogP contribution >= 0.6 is 0 Å². The first-order valence-electron chi connectivity index (χ1n) is 38.6. The van der Waals surface area contributed by atoms with Crippen LogP contribution in [-0.4, -0.2) is 55.1 Å². The number of rotatable bonds is 0. The molecule has 11 heteroatoms. The zero-order chi connectivity index (χ0) is 81.9. The number of fused-ring (bicyclic) bond motifs is 8. The van der Waals surface area contributed by atoms with Crippen LogP contribution in [0.1, 0.15) is 67.2 Å². The standard InChI is InChI=1S/C11H10.6C10H9N.C9H8N2.C7H8.3C6H7N/c1-9-6-7-10-4-2-3-5-11(10)8-9;1-8-2-3-10-7-11-5-4-9(10)6-8;1-8-2-3-9-4-5-11-7-10(9)6-8;1-8-4-5-9-3-2-6-11-10(9)7-8;1-8-6-9-4-2-3-5-10(9)7-11-8;1-8-6-9-4-2-3-5-10(9)11-7-8;1-8-6-7-9-4-2-3-5-10(9)11-8;1-7-2-3-9-8(6-7)4-5-10-11-9;1-7-5-3-2-4-6-7;1-6-2-4-7-5-3-6;1-6-3-2-4-7-5-6;1-6-4-2-3-5-7-6/h2-8H,1H3;6*2-7H,1H3;2-6H,1H3;2-6H,1H3;3*2-5H,1H3. The molecular formula is C105H101N11. The van der Waals surface area contributed by atoms with Crippen molar-refractivity contribution >= 4 is 86.7 Å². The Bertz CT molecular complexity index is 5190. The molecular weight excluding hydrogens is 1420 g/mol. The number of hydrogen-bond donors (Lipinski definition) is 0. The molecule has 0 aliphatic rings. The van der Waals surface area contributed by atoms with E-state index in [9.17, 15) is 0 Å². The topological polar surface area (TPSA) is 142 Å². The van der Waals surface area contributed by atoms with Gasteiger partial charge in [0.05, 0.1) is 28.3 Å². The van der Waals surface area contributed by atoms with E-state index in [1.807, 2.05) is 236 Å². The molecule has 20 rings (SSSR count). The summed E-state index contributed by atoms with van der Waals surface area (Å²) in [6.07, 6.45) is 23.7. The summed E-state index contributed by atoms with van der Waals surface area (Å²) in [4.78, 5) is 36.9. The quantitative estimate of drug-likeness (QED) is 0.143. The molecule has 0 amide bonds. The Labute approximate surface area is 683 Å². The van der Waals surface area contributed by atoms with Gasteiger partial charge in [-0.05, 0) is 241 Å². The van der Waals surface area contributed by atoms with E-state index in [4.69, 9.17) is 0 Å². The SMILES string of the molecule is Cc1cc2ccccc2cn1.Cc1ccc2ccccc2c1.Cc1ccc2ccccc2n1.Cc1ccc2cccnc2c1.Cc1ccc2ccncc2c1.Cc1ccc2cnccc2c1.Cc1ccc2nnccc2c1.Cc1ccccc1.Cc1ccccn1.Cc1cccnc1.Cc1ccncc1.Cc1cnc2ccccc2c1. The summed E-state index contributed by atoms with van der Waals surface area (Å²) in [5.41, 5.74) is 18.8. The van der Waals surface area contributed by atoms with Gasteiger partial charge in [0.25, 0.3) is 0 Å². The second-order valence-corrected chi connectivity index (χ2v) is 27.8. The van der Waals surface area contributed by atoms with Crippen LogP contribution in [0.4, 0.5) is 0 Å². The minimum Gasteiger partial charge on any atom is -0.265 e. The maximum Gasteiger partial charge on any atom is 0.0929 e. The van der Waals surface area contributed by atoms with Crippen molar-refractivity contribution in [2.75, 3.05) is 0 Å². The van der Waals surface area contributed by atoms with Gasteiger partial charge in [0.2, 0.25) is 0 Å². The van der Waals surface area contributed by atoms with Gasteiger partial charge in [-0.3, -0.25) is 44.9 Å². The van der Waals surface area contributed by atoms with E-state index in [1.165, 1.54) is 109 Å². The summed E-state index contributed by atoms with van der Waals surface area (Å²) < 4.78 is 0. The van der Waals surface area contributed by atoms with E-state index < -0.39 is 0 Å². The molecule has 0 spiro atoms. The van der Waals surface area contributed by atoms with Crippen molar-refractivity contribution in [1.82, 2.24) is 55.1 Å².